The lowest BCUT2D eigenvalue weighted by Gasteiger charge is -2.37. The lowest BCUT2D eigenvalue weighted by atomic mass is 9.94. The number of rotatable bonds is 3. The predicted molar refractivity (Wildman–Crippen MR) is 110 cm³/mol. The van der Waals surface area contributed by atoms with Gasteiger partial charge in [-0.3, -0.25) is 9.59 Å². The zero-order valence-electron chi connectivity index (χ0n) is 17.9. The van der Waals surface area contributed by atoms with E-state index in [9.17, 15) is 19.5 Å². The van der Waals surface area contributed by atoms with Gasteiger partial charge >= 0.3 is 6.09 Å². The van der Waals surface area contributed by atoms with Crippen LogP contribution in [0.15, 0.2) is 30.3 Å². The smallest absolute Gasteiger partial charge is 0.410 e. The molecule has 164 valence electrons. The number of piperazine rings is 1. The van der Waals surface area contributed by atoms with Gasteiger partial charge in [0.15, 0.2) is 0 Å². The number of carbonyl (C=O) groups is 3. The Morgan fingerprint density at radius 2 is 1.63 bits per heavy atom. The van der Waals surface area contributed by atoms with Crippen LogP contribution in [0.5, 0.6) is 0 Å². The molecule has 1 aromatic rings. The molecule has 2 atom stereocenters. The fraction of sp³-hybridized carbons (Fsp3) is 0.591. The molecule has 1 aromatic carbocycles. The molecule has 0 unspecified atom stereocenters. The number of aliphatic hydroxyl groups excluding tert-OH is 1. The first-order valence-corrected chi connectivity index (χ1v) is 10.4. The van der Waals surface area contributed by atoms with Crippen molar-refractivity contribution in [3.05, 3.63) is 35.9 Å². The number of hydrogen-bond acceptors (Lipinski definition) is 5. The normalized spacial score (nSPS) is 22.2. The van der Waals surface area contributed by atoms with Crippen molar-refractivity contribution in [2.24, 2.45) is 5.41 Å². The van der Waals surface area contributed by atoms with Gasteiger partial charge in [-0.15, -0.1) is 0 Å². The van der Waals surface area contributed by atoms with Crippen molar-refractivity contribution in [1.29, 1.82) is 0 Å². The Labute approximate surface area is 177 Å². The molecule has 8 heteroatoms. The standard InChI is InChI=1S/C22H31N3O5/c1-22(2,3)20(28)25-14-17(26)13-18(25)19(27)23-9-11-24(12-10-23)21(29)30-15-16-7-5-4-6-8-16/h4-8,17-18,26H,9-15H2,1-3H3/t17-,18+/m1/s1. The minimum absolute atomic E-state index is 0.138. The summed E-state index contributed by atoms with van der Waals surface area (Å²) < 4.78 is 5.36. The summed E-state index contributed by atoms with van der Waals surface area (Å²) in [6.07, 6.45) is -0.841. The second kappa shape index (κ2) is 9.04. The van der Waals surface area contributed by atoms with Gasteiger partial charge in [-0.1, -0.05) is 51.1 Å². The number of ether oxygens (including phenoxy) is 1. The van der Waals surface area contributed by atoms with Crippen LogP contribution in [0.25, 0.3) is 0 Å². The summed E-state index contributed by atoms with van der Waals surface area (Å²) in [6.45, 7) is 7.32. The van der Waals surface area contributed by atoms with Gasteiger partial charge < -0.3 is 24.5 Å². The van der Waals surface area contributed by atoms with Crippen molar-refractivity contribution in [2.45, 2.75) is 45.9 Å². The molecular weight excluding hydrogens is 386 g/mol. The predicted octanol–water partition coefficient (Wildman–Crippen LogP) is 1.48. The number of benzene rings is 1. The number of carbonyl (C=O) groups excluding carboxylic acids is 3. The number of nitrogens with zero attached hydrogens (tertiary/aromatic N) is 3. The Morgan fingerprint density at radius 3 is 2.23 bits per heavy atom. The molecule has 0 spiro atoms. The second-order valence-corrected chi connectivity index (χ2v) is 8.97. The Hall–Kier alpha value is -2.61. The van der Waals surface area contributed by atoms with E-state index >= 15 is 0 Å². The molecule has 1 N–H and O–H groups in total. The maximum absolute atomic E-state index is 13.1. The maximum atomic E-state index is 13.1. The second-order valence-electron chi connectivity index (χ2n) is 8.97. The van der Waals surface area contributed by atoms with Gasteiger partial charge in [-0.25, -0.2) is 4.79 Å². The third-order valence-corrected chi connectivity index (χ3v) is 5.52. The molecule has 0 aromatic heterocycles. The fourth-order valence-electron chi connectivity index (χ4n) is 3.83. The van der Waals surface area contributed by atoms with Crippen molar-refractivity contribution >= 4 is 17.9 Å². The summed E-state index contributed by atoms with van der Waals surface area (Å²) in [4.78, 5) is 42.9. The van der Waals surface area contributed by atoms with Gasteiger partial charge in [0, 0.05) is 44.6 Å². The Morgan fingerprint density at radius 1 is 1.03 bits per heavy atom. The minimum Gasteiger partial charge on any atom is -0.445 e. The number of amides is 3. The van der Waals surface area contributed by atoms with Gasteiger partial charge in [0.05, 0.1) is 6.10 Å². The van der Waals surface area contributed by atoms with Crippen LogP contribution in [-0.4, -0.2) is 82.6 Å². The molecule has 2 fully saturated rings. The molecule has 2 saturated heterocycles. The molecule has 30 heavy (non-hydrogen) atoms. The highest BCUT2D eigenvalue weighted by molar-refractivity contribution is 5.90. The highest BCUT2D eigenvalue weighted by Gasteiger charge is 2.44. The summed E-state index contributed by atoms with van der Waals surface area (Å²) in [6, 6.07) is 8.82. The Balaban J connectivity index is 1.53. The van der Waals surface area contributed by atoms with Gasteiger partial charge in [-0.05, 0) is 5.56 Å². The third-order valence-electron chi connectivity index (χ3n) is 5.52. The highest BCUT2D eigenvalue weighted by Crippen LogP contribution is 2.27. The van der Waals surface area contributed by atoms with E-state index in [2.05, 4.69) is 0 Å². The van der Waals surface area contributed by atoms with E-state index in [0.717, 1.165) is 5.56 Å². The van der Waals surface area contributed by atoms with Crippen LogP contribution in [0.3, 0.4) is 0 Å². The van der Waals surface area contributed by atoms with Crippen LogP contribution in [-0.2, 0) is 20.9 Å². The van der Waals surface area contributed by atoms with Crippen LogP contribution in [0.1, 0.15) is 32.8 Å². The molecule has 8 nitrogen and oxygen atoms in total. The van der Waals surface area contributed by atoms with Crippen LogP contribution in [0.4, 0.5) is 4.79 Å². The van der Waals surface area contributed by atoms with E-state index < -0.39 is 23.7 Å². The summed E-state index contributed by atoms with van der Waals surface area (Å²) in [5.41, 5.74) is 0.298. The first-order chi connectivity index (χ1) is 14.2. The number of hydrogen-bond donors (Lipinski definition) is 1. The molecule has 3 rings (SSSR count). The quantitative estimate of drug-likeness (QED) is 0.805. The van der Waals surface area contributed by atoms with E-state index in [4.69, 9.17) is 4.74 Å². The summed E-state index contributed by atoms with van der Waals surface area (Å²) >= 11 is 0. The van der Waals surface area contributed by atoms with Crippen LogP contribution < -0.4 is 0 Å². The van der Waals surface area contributed by atoms with Gasteiger partial charge in [0.1, 0.15) is 12.6 Å². The van der Waals surface area contributed by atoms with Crippen LogP contribution in [0.2, 0.25) is 0 Å². The topological polar surface area (TPSA) is 90.4 Å². The van der Waals surface area contributed by atoms with E-state index in [1.165, 1.54) is 4.90 Å². The molecule has 0 radical (unpaired) electrons. The Bertz CT molecular complexity index is 769. The number of β-amino-alcohol motifs (C(OH)–C–C–N with tert-alkyl or cyclic N) is 1. The van der Waals surface area contributed by atoms with Crippen molar-refractivity contribution in [3.63, 3.8) is 0 Å². The molecule has 2 aliphatic heterocycles. The molecule has 0 aliphatic carbocycles. The first-order valence-electron chi connectivity index (χ1n) is 10.4. The highest BCUT2D eigenvalue weighted by atomic mass is 16.6. The molecule has 0 bridgehead atoms. The number of aliphatic hydroxyl groups is 1. The van der Waals surface area contributed by atoms with E-state index in [1.54, 1.807) is 30.6 Å². The third kappa shape index (κ3) is 5.11. The monoisotopic (exact) mass is 417 g/mol. The fourth-order valence-corrected chi connectivity index (χ4v) is 3.83. The maximum Gasteiger partial charge on any atom is 0.410 e. The largest absolute Gasteiger partial charge is 0.445 e. The lowest BCUT2D eigenvalue weighted by Crippen LogP contribution is -2.56. The number of likely N-dealkylation sites (tertiary alicyclic amines) is 1. The van der Waals surface area contributed by atoms with Crippen molar-refractivity contribution < 1.29 is 24.2 Å². The zero-order chi connectivity index (χ0) is 21.9. The molecule has 0 saturated carbocycles. The van der Waals surface area contributed by atoms with Crippen molar-refractivity contribution in [1.82, 2.24) is 14.7 Å². The molecular formula is C22H31N3O5. The van der Waals surface area contributed by atoms with E-state index in [0.29, 0.717) is 26.2 Å². The minimum atomic E-state index is -0.695. The SMILES string of the molecule is CC(C)(C)C(=O)N1C[C@H](O)C[C@H]1C(=O)N1CCN(C(=O)OCc2ccccc2)CC1. The van der Waals surface area contributed by atoms with Crippen LogP contribution in [0, 0.1) is 5.41 Å². The van der Waals surface area contributed by atoms with Gasteiger partial charge in [-0.2, -0.15) is 0 Å². The van der Waals surface area contributed by atoms with Crippen LogP contribution >= 0.6 is 0 Å². The van der Waals surface area contributed by atoms with Gasteiger partial charge in [0.25, 0.3) is 0 Å². The zero-order valence-corrected chi connectivity index (χ0v) is 17.9. The average Bonchev–Trinajstić information content (AvgIpc) is 3.12. The van der Waals surface area contributed by atoms with E-state index in [1.807, 2.05) is 30.3 Å². The van der Waals surface area contributed by atoms with Crippen molar-refractivity contribution in [2.75, 3.05) is 32.7 Å². The molecule has 2 heterocycles. The average molecular weight is 418 g/mol. The van der Waals surface area contributed by atoms with Crippen molar-refractivity contribution in [3.8, 4) is 0 Å². The first kappa shape index (κ1) is 22.1. The summed E-state index contributed by atoms with van der Waals surface area (Å²) in [5, 5.41) is 10.1. The summed E-state index contributed by atoms with van der Waals surface area (Å²) in [5.74, 6) is -0.304. The van der Waals surface area contributed by atoms with Gasteiger partial charge in [0.2, 0.25) is 11.8 Å². The molecule has 2 aliphatic rings. The van der Waals surface area contributed by atoms with E-state index in [-0.39, 0.29) is 31.4 Å². The molecule has 3 amide bonds. The lowest BCUT2D eigenvalue weighted by molar-refractivity contribution is -0.149. The summed E-state index contributed by atoms with van der Waals surface area (Å²) in [7, 11) is 0. The Kier molecular flexibility index (Phi) is 6.65.